The normalized spacial score (nSPS) is 20.4. The highest BCUT2D eigenvalue weighted by atomic mass is 16.2. The van der Waals surface area contributed by atoms with Gasteiger partial charge in [-0.25, -0.2) is 0 Å². The predicted molar refractivity (Wildman–Crippen MR) is 135 cm³/mol. The summed E-state index contributed by atoms with van der Waals surface area (Å²) in [6.45, 7) is 6.78. The molecule has 2 atom stereocenters. The average Bonchev–Trinajstić information content (AvgIpc) is 3.70. The number of aryl methyl sites for hydroxylation is 1. The predicted octanol–water partition coefficient (Wildman–Crippen LogP) is 5.85. The van der Waals surface area contributed by atoms with Crippen LogP contribution in [0.3, 0.4) is 0 Å². The Labute approximate surface area is 197 Å². The third kappa shape index (κ3) is 4.74. The third-order valence-corrected chi connectivity index (χ3v) is 7.55. The van der Waals surface area contributed by atoms with Crippen molar-refractivity contribution in [2.75, 3.05) is 13.1 Å². The summed E-state index contributed by atoms with van der Waals surface area (Å²) in [5.74, 6) is 0.554. The summed E-state index contributed by atoms with van der Waals surface area (Å²) in [6.07, 6.45) is 3.26. The number of amides is 1. The van der Waals surface area contributed by atoms with Crippen LogP contribution in [0.15, 0.2) is 72.8 Å². The van der Waals surface area contributed by atoms with Crippen molar-refractivity contribution in [2.24, 2.45) is 5.92 Å². The molecule has 3 nitrogen and oxygen atoms in total. The highest BCUT2D eigenvalue weighted by molar-refractivity contribution is 5.81. The molecule has 3 aromatic rings. The van der Waals surface area contributed by atoms with Gasteiger partial charge in [-0.2, -0.15) is 0 Å². The molecule has 33 heavy (non-hydrogen) atoms. The molecule has 2 fully saturated rings. The van der Waals surface area contributed by atoms with Crippen LogP contribution in [-0.4, -0.2) is 29.9 Å². The molecular weight excluding hydrogens is 404 g/mol. The first-order chi connectivity index (χ1) is 16.1. The number of hydrogen-bond donors (Lipinski definition) is 1. The summed E-state index contributed by atoms with van der Waals surface area (Å²) < 4.78 is 0. The van der Waals surface area contributed by atoms with Crippen LogP contribution in [0.25, 0.3) is 11.1 Å². The zero-order valence-corrected chi connectivity index (χ0v) is 19.8. The lowest BCUT2D eigenvalue weighted by Crippen LogP contribution is -2.47. The van der Waals surface area contributed by atoms with Crippen LogP contribution in [0.5, 0.6) is 0 Å². The maximum atomic E-state index is 14.0. The van der Waals surface area contributed by atoms with Gasteiger partial charge in [0.1, 0.15) is 0 Å². The molecule has 1 N–H and O–H groups in total. The van der Waals surface area contributed by atoms with E-state index in [1.165, 1.54) is 33.4 Å². The minimum atomic E-state index is -0.0181. The Balaban J connectivity index is 1.42. The first-order valence-corrected chi connectivity index (χ1v) is 12.3. The van der Waals surface area contributed by atoms with Gasteiger partial charge in [0.25, 0.3) is 0 Å². The standard InChI is InChI=1S/C30H34N2O/c1-21-8-6-13-26(22(21)2)20-32(27-14-15-27)30(33)29-19-31-17-16-28(29)25-12-7-11-24(18-25)23-9-4-3-5-10-23/h3-13,18,27-29,31H,14-17,19-20H2,1-2H3/t28-,29?/m1/s1. The fourth-order valence-corrected chi connectivity index (χ4v) is 5.25. The number of benzene rings is 3. The molecule has 3 aromatic carbocycles. The first kappa shape index (κ1) is 21.9. The zero-order chi connectivity index (χ0) is 22.8. The Bertz CT molecular complexity index is 1120. The van der Waals surface area contributed by atoms with E-state index in [1.54, 1.807) is 0 Å². The van der Waals surface area contributed by atoms with E-state index in [1.807, 2.05) is 0 Å². The third-order valence-electron chi connectivity index (χ3n) is 7.55. The van der Waals surface area contributed by atoms with Crippen LogP contribution >= 0.6 is 0 Å². The maximum Gasteiger partial charge on any atom is 0.228 e. The van der Waals surface area contributed by atoms with E-state index in [4.69, 9.17) is 0 Å². The van der Waals surface area contributed by atoms with Gasteiger partial charge in [0.15, 0.2) is 0 Å². The van der Waals surface area contributed by atoms with Crippen molar-refractivity contribution in [1.29, 1.82) is 0 Å². The largest absolute Gasteiger partial charge is 0.335 e. The molecule has 0 aromatic heterocycles. The second kappa shape index (κ2) is 9.52. The van der Waals surface area contributed by atoms with E-state index in [-0.39, 0.29) is 11.8 Å². The van der Waals surface area contributed by atoms with Crippen LogP contribution in [0.1, 0.15) is 47.4 Å². The number of carbonyl (C=O) groups is 1. The lowest BCUT2D eigenvalue weighted by molar-refractivity contribution is -0.138. The Morgan fingerprint density at radius 3 is 2.45 bits per heavy atom. The zero-order valence-electron chi connectivity index (χ0n) is 19.8. The summed E-state index contributed by atoms with van der Waals surface area (Å²) in [4.78, 5) is 16.2. The summed E-state index contributed by atoms with van der Waals surface area (Å²) >= 11 is 0. The van der Waals surface area contributed by atoms with Gasteiger partial charge in [-0.15, -0.1) is 0 Å². The van der Waals surface area contributed by atoms with Gasteiger partial charge in [0.05, 0.1) is 5.92 Å². The van der Waals surface area contributed by atoms with Gasteiger partial charge in [-0.1, -0.05) is 72.8 Å². The van der Waals surface area contributed by atoms with Crippen LogP contribution in [0.2, 0.25) is 0 Å². The van der Waals surface area contributed by atoms with Gasteiger partial charge >= 0.3 is 0 Å². The molecule has 1 aliphatic heterocycles. The monoisotopic (exact) mass is 438 g/mol. The molecule has 1 saturated heterocycles. The molecular formula is C30H34N2O. The maximum absolute atomic E-state index is 14.0. The number of rotatable bonds is 6. The minimum Gasteiger partial charge on any atom is -0.335 e. The van der Waals surface area contributed by atoms with E-state index in [0.717, 1.165) is 38.9 Å². The fourth-order valence-electron chi connectivity index (χ4n) is 5.25. The van der Waals surface area contributed by atoms with E-state index in [9.17, 15) is 4.79 Å². The Morgan fingerprint density at radius 2 is 1.67 bits per heavy atom. The van der Waals surface area contributed by atoms with E-state index >= 15 is 0 Å². The van der Waals surface area contributed by atoms with Crippen LogP contribution in [0, 0.1) is 19.8 Å². The number of hydrogen-bond acceptors (Lipinski definition) is 2. The highest BCUT2D eigenvalue weighted by Gasteiger charge is 2.40. The number of nitrogens with one attached hydrogen (secondary N) is 1. The van der Waals surface area contributed by atoms with Gasteiger partial charge in [0.2, 0.25) is 5.91 Å². The molecule has 1 unspecified atom stereocenters. The van der Waals surface area contributed by atoms with E-state index < -0.39 is 0 Å². The molecule has 2 aliphatic rings. The first-order valence-electron chi connectivity index (χ1n) is 12.3. The van der Waals surface area contributed by atoms with Crippen molar-refractivity contribution in [3.63, 3.8) is 0 Å². The van der Waals surface area contributed by atoms with E-state index in [2.05, 4.69) is 96.9 Å². The van der Waals surface area contributed by atoms with Crippen LogP contribution in [-0.2, 0) is 11.3 Å². The fraction of sp³-hybridized carbons (Fsp3) is 0.367. The van der Waals surface area contributed by atoms with Crippen molar-refractivity contribution in [3.8, 4) is 11.1 Å². The molecule has 1 saturated carbocycles. The smallest absolute Gasteiger partial charge is 0.228 e. The summed E-state index contributed by atoms with van der Waals surface area (Å²) in [5.41, 5.74) is 7.63. The van der Waals surface area contributed by atoms with Crippen molar-refractivity contribution >= 4 is 5.91 Å². The second-order valence-corrected chi connectivity index (χ2v) is 9.75. The average molecular weight is 439 g/mol. The van der Waals surface area contributed by atoms with Gasteiger partial charge < -0.3 is 10.2 Å². The quantitative estimate of drug-likeness (QED) is 0.523. The van der Waals surface area contributed by atoms with Crippen molar-refractivity contribution in [1.82, 2.24) is 10.2 Å². The van der Waals surface area contributed by atoms with Gasteiger partial charge in [-0.05, 0) is 79.0 Å². The highest BCUT2D eigenvalue weighted by Crippen LogP contribution is 2.37. The molecule has 1 amide bonds. The molecule has 0 bridgehead atoms. The summed E-state index contributed by atoms with van der Waals surface area (Å²) in [6, 6.07) is 26.2. The molecule has 0 spiro atoms. The summed E-state index contributed by atoms with van der Waals surface area (Å²) in [5, 5.41) is 3.51. The van der Waals surface area contributed by atoms with Crippen LogP contribution < -0.4 is 5.32 Å². The SMILES string of the molecule is Cc1cccc(CN(C(=O)C2CNCC[C@@H]2c2cccc(-c3ccccc3)c2)C2CC2)c1C. The number of carbonyl (C=O) groups excluding carboxylic acids is 1. The molecule has 3 heteroatoms. The lowest BCUT2D eigenvalue weighted by atomic mass is 9.79. The molecule has 1 aliphatic carbocycles. The van der Waals surface area contributed by atoms with Crippen molar-refractivity contribution < 1.29 is 4.79 Å². The number of nitrogens with zero attached hydrogens (tertiary/aromatic N) is 1. The van der Waals surface area contributed by atoms with Crippen molar-refractivity contribution in [2.45, 2.75) is 51.6 Å². The number of piperidine rings is 1. The Morgan fingerprint density at radius 1 is 0.909 bits per heavy atom. The Hall–Kier alpha value is -2.91. The Kier molecular flexibility index (Phi) is 6.32. The van der Waals surface area contributed by atoms with Crippen LogP contribution in [0.4, 0.5) is 0 Å². The van der Waals surface area contributed by atoms with Gasteiger partial charge in [-0.3, -0.25) is 4.79 Å². The molecule has 170 valence electrons. The minimum absolute atomic E-state index is 0.0181. The molecule has 5 rings (SSSR count). The topological polar surface area (TPSA) is 32.3 Å². The summed E-state index contributed by atoms with van der Waals surface area (Å²) in [7, 11) is 0. The second-order valence-electron chi connectivity index (χ2n) is 9.75. The van der Waals surface area contributed by atoms with E-state index in [0.29, 0.717) is 11.9 Å². The molecule has 1 heterocycles. The van der Waals surface area contributed by atoms with Gasteiger partial charge in [0, 0.05) is 19.1 Å². The lowest BCUT2D eigenvalue weighted by Gasteiger charge is -2.36. The molecule has 0 radical (unpaired) electrons. The van der Waals surface area contributed by atoms with Crippen molar-refractivity contribution in [3.05, 3.63) is 95.1 Å².